The van der Waals surface area contributed by atoms with Crippen LogP contribution in [0.2, 0.25) is 0 Å². The standard InChI is InChI=1S/C23H27NO4/c1-5-24(6-2)22(25)14-16(3)19-12-13-21(20(15-19)23(26)27)28-17(4)18-10-8-7-9-11-18/h7-15,17H,5-6H2,1-4H3,(H,26,27)/b16-14+. The number of aromatic carboxylic acids is 1. The van der Waals surface area contributed by atoms with E-state index in [1.165, 1.54) is 0 Å². The third-order valence-electron chi connectivity index (χ3n) is 4.65. The molecule has 0 radical (unpaired) electrons. The summed E-state index contributed by atoms with van der Waals surface area (Å²) in [6.07, 6.45) is 1.26. The van der Waals surface area contributed by atoms with Crippen LogP contribution in [-0.2, 0) is 4.79 Å². The third-order valence-corrected chi connectivity index (χ3v) is 4.65. The molecule has 1 unspecified atom stereocenters. The number of carbonyl (C=O) groups is 2. The Morgan fingerprint density at radius 1 is 1.11 bits per heavy atom. The summed E-state index contributed by atoms with van der Waals surface area (Å²) in [7, 11) is 0. The number of nitrogens with zero attached hydrogens (tertiary/aromatic N) is 1. The van der Waals surface area contributed by atoms with Crippen molar-refractivity contribution in [1.82, 2.24) is 4.90 Å². The van der Waals surface area contributed by atoms with Crippen LogP contribution in [0.5, 0.6) is 5.75 Å². The minimum Gasteiger partial charge on any atom is -0.485 e. The lowest BCUT2D eigenvalue weighted by Gasteiger charge is -2.18. The van der Waals surface area contributed by atoms with E-state index in [2.05, 4.69) is 0 Å². The molecular formula is C23H27NO4. The molecule has 0 fully saturated rings. The van der Waals surface area contributed by atoms with Crippen molar-refractivity contribution in [3.8, 4) is 5.75 Å². The first kappa shape index (κ1) is 21.2. The second kappa shape index (κ2) is 9.74. The van der Waals surface area contributed by atoms with Crippen molar-refractivity contribution in [2.75, 3.05) is 13.1 Å². The lowest BCUT2D eigenvalue weighted by atomic mass is 10.0. The predicted octanol–water partition coefficient (Wildman–Crippen LogP) is 4.80. The summed E-state index contributed by atoms with van der Waals surface area (Å²) in [6, 6.07) is 14.6. The van der Waals surface area contributed by atoms with Gasteiger partial charge in [0.25, 0.3) is 0 Å². The molecule has 0 saturated heterocycles. The summed E-state index contributed by atoms with van der Waals surface area (Å²) in [6.45, 7) is 8.78. The summed E-state index contributed by atoms with van der Waals surface area (Å²) in [4.78, 5) is 25.8. The number of hydrogen-bond donors (Lipinski definition) is 1. The van der Waals surface area contributed by atoms with Crippen LogP contribution < -0.4 is 4.74 Å². The Hall–Kier alpha value is -3.08. The molecule has 0 spiro atoms. The van der Waals surface area contributed by atoms with Crippen LogP contribution in [0.15, 0.2) is 54.6 Å². The Kier molecular flexibility index (Phi) is 7.38. The van der Waals surface area contributed by atoms with Gasteiger partial charge in [0.05, 0.1) is 0 Å². The number of ether oxygens (including phenoxy) is 1. The van der Waals surface area contributed by atoms with E-state index < -0.39 is 5.97 Å². The zero-order chi connectivity index (χ0) is 20.7. The smallest absolute Gasteiger partial charge is 0.339 e. The Morgan fingerprint density at radius 3 is 2.32 bits per heavy atom. The summed E-state index contributed by atoms with van der Waals surface area (Å²) in [5.41, 5.74) is 2.42. The molecule has 5 heteroatoms. The van der Waals surface area contributed by atoms with Gasteiger partial charge >= 0.3 is 5.97 Å². The van der Waals surface area contributed by atoms with Crippen LogP contribution in [0, 0.1) is 0 Å². The van der Waals surface area contributed by atoms with Crippen molar-refractivity contribution >= 4 is 17.4 Å². The quantitative estimate of drug-likeness (QED) is 0.667. The fraction of sp³-hybridized carbons (Fsp3) is 0.304. The lowest BCUT2D eigenvalue weighted by Crippen LogP contribution is -2.28. The number of carbonyl (C=O) groups excluding carboxylic acids is 1. The molecule has 5 nitrogen and oxygen atoms in total. The van der Waals surface area contributed by atoms with E-state index >= 15 is 0 Å². The Balaban J connectivity index is 2.29. The number of amides is 1. The van der Waals surface area contributed by atoms with E-state index in [1.54, 1.807) is 36.1 Å². The van der Waals surface area contributed by atoms with Gasteiger partial charge in [0.2, 0.25) is 5.91 Å². The van der Waals surface area contributed by atoms with Gasteiger partial charge in [0, 0.05) is 19.2 Å². The minimum atomic E-state index is -1.07. The highest BCUT2D eigenvalue weighted by Crippen LogP contribution is 2.28. The van der Waals surface area contributed by atoms with E-state index in [9.17, 15) is 14.7 Å². The van der Waals surface area contributed by atoms with E-state index in [1.807, 2.05) is 51.1 Å². The monoisotopic (exact) mass is 381 g/mol. The van der Waals surface area contributed by atoms with Gasteiger partial charge in [-0.1, -0.05) is 36.4 Å². The van der Waals surface area contributed by atoms with Gasteiger partial charge in [-0.25, -0.2) is 4.79 Å². The average Bonchev–Trinajstić information content (AvgIpc) is 2.69. The van der Waals surface area contributed by atoms with Gasteiger partial charge < -0.3 is 14.7 Å². The fourth-order valence-corrected chi connectivity index (χ4v) is 2.92. The second-order valence-electron chi connectivity index (χ2n) is 6.52. The first-order valence-corrected chi connectivity index (χ1v) is 9.43. The van der Waals surface area contributed by atoms with Crippen LogP contribution in [0.3, 0.4) is 0 Å². The molecule has 0 aliphatic carbocycles. The highest BCUT2D eigenvalue weighted by atomic mass is 16.5. The van der Waals surface area contributed by atoms with Crippen LogP contribution >= 0.6 is 0 Å². The molecule has 28 heavy (non-hydrogen) atoms. The molecule has 1 atom stereocenters. The van der Waals surface area contributed by atoms with Crippen LogP contribution in [0.1, 0.15) is 55.3 Å². The Labute approximate surface area is 166 Å². The molecule has 2 aromatic carbocycles. The molecule has 0 saturated carbocycles. The first-order chi connectivity index (χ1) is 13.4. The fourth-order valence-electron chi connectivity index (χ4n) is 2.92. The number of likely N-dealkylation sites (N-methyl/N-ethyl adjacent to an activating group) is 1. The number of benzene rings is 2. The number of allylic oxidation sites excluding steroid dienone is 1. The first-order valence-electron chi connectivity index (χ1n) is 9.43. The van der Waals surface area contributed by atoms with Crippen molar-refractivity contribution in [2.45, 2.75) is 33.8 Å². The molecule has 0 aliphatic rings. The van der Waals surface area contributed by atoms with E-state index in [0.29, 0.717) is 30.0 Å². The van der Waals surface area contributed by atoms with Gasteiger partial charge in [-0.15, -0.1) is 0 Å². The van der Waals surface area contributed by atoms with E-state index in [0.717, 1.165) is 5.56 Å². The molecule has 0 aromatic heterocycles. The van der Waals surface area contributed by atoms with Crippen molar-refractivity contribution in [3.05, 3.63) is 71.3 Å². The zero-order valence-corrected chi connectivity index (χ0v) is 16.8. The normalized spacial score (nSPS) is 12.4. The van der Waals surface area contributed by atoms with Gasteiger partial charge in [0.1, 0.15) is 17.4 Å². The zero-order valence-electron chi connectivity index (χ0n) is 16.8. The molecule has 2 rings (SSSR count). The molecule has 148 valence electrons. The van der Waals surface area contributed by atoms with Gasteiger partial charge in [0.15, 0.2) is 0 Å². The number of rotatable bonds is 8. The number of carboxylic acid groups (broad SMARTS) is 1. The number of carboxylic acids is 1. The van der Waals surface area contributed by atoms with Crippen LogP contribution in [0.4, 0.5) is 0 Å². The predicted molar refractivity (Wildman–Crippen MR) is 110 cm³/mol. The average molecular weight is 381 g/mol. The SMILES string of the molecule is CCN(CC)C(=O)/C=C(\C)c1ccc(OC(C)c2ccccc2)c(C(=O)O)c1. The van der Waals surface area contributed by atoms with Crippen molar-refractivity contribution in [3.63, 3.8) is 0 Å². The summed E-state index contributed by atoms with van der Waals surface area (Å²) >= 11 is 0. The molecule has 1 N–H and O–H groups in total. The second-order valence-corrected chi connectivity index (χ2v) is 6.52. The highest BCUT2D eigenvalue weighted by molar-refractivity contribution is 5.96. The molecule has 0 aliphatic heterocycles. The van der Waals surface area contributed by atoms with Gasteiger partial charge in [-0.3, -0.25) is 4.79 Å². The van der Waals surface area contributed by atoms with Gasteiger partial charge in [-0.05, 0) is 56.5 Å². The maximum atomic E-state index is 12.3. The minimum absolute atomic E-state index is 0.0725. The lowest BCUT2D eigenvalue weighted by molar-refractivity contribution is -0.125. The third kappa shape index (κ3) is 5.22. The summed E-state index contributed by atoms with van der Waals surface area (Å²) < 4.78 is 5.91. The number of hydrogen-bond acceptors (Lipinski definition) is 3. The molecular weight excluding hydrogens is 354 g/mol. The Morgan fingerprint density at radius 2 is 1.75 bits per heavy atom. The molecule has 0 heterocycles. The summed E-state index contributed by atoms with van der Waals surface area (Å²) in [5.74, 6) is -0.854. The molecule has 1 amide bonds. The topological polar surface area (TPSA) is 66.8 Å². The van der Waals surface area contributed by atoms with Crippen LogP contribution in [-0.4, -0.2) is 35.0 Å². The highest BCUT2D eigenvalue weighted by Gasteiger charge is 2.17. The Bertz CT molecular complexity index is 854. The molecule has 2 aromatic rings. The largest absolute Gasteiger partial charge is 0.485 e. The van der Waals surface area contributed by atoms with E-state index in [-0.39, 0.29) is 17.6 Å². The molecule has 0 bridgehead atoms. The van der Waals surface area contributed by atoms with Crippen molar-refractivity contribution < 1.29 is 19.4 Å². The summed E-state index contributed by atoms with van der Waals surface area (Å²) in [5, 5.41) is 9.63. The van der Waals surface area contributed by atoms with Crippen LogP contribution in [0.25, 0.3) is 5.57 Å². The maximum absolute atomic E-state index is 12.3. The van der Waals surface area contributed by atoms with E-state index in [4.69, 9.17) is 4.74 Å². The van der Waals surface area contributed by atoms with Crippen molar-refractivity contribution in [1.29, 1.82) is 0 Å². The van der Waals surface area contributed by atoms with Gasteiger partial charge in [-0.2, -0.15) is 0 Å². The van der Waals surface area contributed by atoms with Crippen molar-refractivity contribution in [2.24, 2.45) is 0 Å². The maximum Gasteiger partial charge on any atom is 0.339 e.